The van der Waals surface area contributed by atoms with E-state index in [-0.39, 0.29) is 0 Å². The van der Waals surface area contributed by atoms with Crippen molar-refractivity contribution in [2.75, 3.05) is 0 Å². The van der Waals surface area contributed by atoms with E-state index in [0.29, 0.717) is 10.7 Å². The molecule has 96 valence electrons. The van der Waals surface area contributed by atoms with Crippen molar-refractivity contribution < 1.29 is 4.74 Å². The molecule has 0 saturated heterocycles. The molecule has 2 aliphatic rings. The van der Waals surface area contributed by atoms with Gasteiger partial charge in [0.2, 0.25) is 0 Å². The maximum absolute atomic E-state index is 5.49. The van der Waals surface area contributed by atoms with Crippen LogP contribution < -0.4 is 0 Å². The molecule has 19 heavy (non-hydrogen) atoms. The van der Waals surface area contributed by atoms with Crippen LogP contribution in [-0.2, 0) is 24.4 Å². The van der Waals surface area contributed by atoms with Crippen LogP contribution in [0.2, 0.25) is 0 Å². The first-order valence-electron chi connectivity index (χ1n) is 6.74. The van der Waals surface area contributed by atoms with Crippen LogP contribution in [0.3, 0.4) is 0 Å². The average molecular weight is 315 g/mol. The zero-order valence-electron chi connectivity index (χ0n) is 10.6. The maximum atomic E-state index is 5.49. The molecule has 2 atom stereocenters. The summed E-state index contributed by atoms with van der Waals surface area (Å²) < 4.78 is 5.49. The zero-order chi connectivity index (χ0) is 12.8. The second-order valence-electron chi connectivity index (χ2n) is 5.43. The monoisotopic (exact) mass is 314 g/mol. The number of hydrogen-bond donors (Lipinski definition) is 0. The van der Waals surface area contributed by atoms with Crippen LogP contribution in [-0.4, -0.2) is 0 Å². The lowest BCUT2D eigenvalue weighted by Gasteiger charge is -2.34. The van der Waals surface area contributed by atoms with Gasteiger partial charge in [0.25, 0.3) is 0 Å². The van der Waals surface area contributed by atoms with Crippen LogP contribution in [0.15, 0.2) is 42.5 Å². The van der Waals surface area contributed by atoms with Gasteiger partial charge in [-0.3, -0.25) is 0 Å². The number of alkyl halides is 1. The average Bonchev–Trinajstić information content (AvgIpc) is 2.87. The van der Waals surface area contributed by atoms with E-state index in [1.165, 1.54) is 34.2 Å². The first-order chi connectivity index (χ1) is 9.33. The van der Waals surface area contributed by atoms with Crippen molar-refractivity contribution in [3.05, 3.63) is 70.3 Å². The van der Waals surface area contributed by atoms with Crippen LogP contribution in [0, 0.1) is 0 Å². The van der Waals surface area contributed by atoms with Gasteiger partial charge in [0.15, 0.2) is 0 Å². The van der Waals surface area contributed by atoms with Crippen LogP contribution in [0.25, 0.3) is 0 Å². The molecule has 1 aliphatic carbocycles. The molecule has 0 fully saturated rings. The van der Waals surface area contributed by atoms with Gasteiger partial charge < -0.3 is 4.74 Å². The fourth-order valence-electron chi connectivity index (χ4n) is 3.15. The third kappa shape index (κ3) is 1.86. The van der Waals surface area contributed by atoms with Crippen molar-refractivity contribution >= 4 is 15.9 Å². The van der Waals surface area contributed by atoms with E-state index < -0.39 is 0 Å². The van der Waals surface area contributed by atoms with Gasteiger partial charge in [0, 0.05) is 10.7 Å². The lowest BCUT2D eigenvalue weighted by molar-refractivity contribution is 0.134. The van der Waals surface area contributed by atoms with Crippen molar-refractivity contribution in [1.29, 1.82) is 0 Å². The Morgan fingerprint density at radius 1 is 1.00 bits per heavy atom. The second-order valence-corrected chi connectivity index (χ2v) is 6.42. The summed E-state index contributed by atoms with van der Waals surface area (Å²) in [6.07, 6.45) is 1.18. The molecule has 2 aromatic carbocycles. The van der Waals surface area contributed by atoms with E-state index in [1.54, 1.807) is 0 Å². The van der Waals surface area contributed by atoms with E-state index >= 15 is 0 Å². The fraction of sp³-hybridized carbons (Fsp3) is 0.294. The summed E-state index contributed by atoms with van der Waals surface area (Å²) in [7, 11) is 0. The highest BCUT2D eigenvalue weighted by molar-refractivity contribution is 9.09. The predicted molar refractivity (Wildman–Crippen MR) is 79.5 cm³/mol. The maximum Gasteiger partial charge on any atom is 0.0725 e. The van der Waals surface area contributed by atoms with Crippen molar-refractivity contribution in [2.45, 2.75) is 30.4 Å². The van der Waals surface area contributed by atoms with Gasteiger partial charge in [0.1, 0.15) is 0 Å². The Kier molecular flexibility index (Phi) is 2.75. The van der Waals surface area contributed by atoms with E-state index in [2.05, 4.69) is 58.4 Å². The number of halogens is 1. The van der Waals surface area contributed by atoms with Crippen molar-refractivity contribution in [3.63, 3.8) is 0 Å². The minimum atomic E-state index is 0.410. The third-order valence-electron chi connectivity index (χ3n) is 4.31. The zero-order valence-corrected chi connectivity index (χ0v) is 12.2. The van der Waals surface area contributed by atoms with E-state index in [0.717, 1.165) is 13.2 Å². The molecule has 0 bridgehead atoms. The Balaban J connectivity index is 1.64. The Morgan fingerprint density at radius 3 is 2.74 bits per heavy atom. The normalized spacial score (nSPS) is 21.4. The molecule has 2 aromatic rings. The predicted octanol–water partition coefficient (Wildman–Crippen LogP) is 4.49. The largest absolute Gasteiger partial charge is 0.372 e. The highest BCUT2D eigenvalue weighted by atomic mass is 79.9. The number of rotatable bonds is 2. The molecule has 1 aliphatic heterocycles. The van der Waals surface area contributed by atoms with E-state index in [1.807, 2.05) is 0 Å². The van der Waals surface area contributed by atoms with Gasteiger partial charge in [-0.15, -0.1) is 0 Å². The van der Waals surface area contributed by atoms with Crippen molar-refractivity contribution in [2.24, 2.45) is 0 Å². The SMILES string of the molecule is BrC(c1ccc2c(c1)COC2)C1Cc2ccccc21. The Morgan fingerprint density at radius 2 is 1.84 bits per heavy atom. The minimum Gasteiger partial charge on any atom is -0.372 e. The lowest BCUT2D eigenvalue weighted by Crippen LogP contribution is -2.20. The molecular weight excluding hydrogens is 300 g/mol. The summed E-state index contributed by atoms with van der Waals surface area (Å²) >= 11 is 3.90. The molecule has 0 radical (unpaired) electrons. The van der Waals surface area contributed by atoms with Crippen LogP contribution >= 0.6 is 15.9 Å². The summed E-state index contributed by atoms with van der Waals surface area (Å²) in [4.78, 5) is 0.410. The summed E-state index contributed by atoms with van der Waals surface area (Å²) in [5.74, 6) is 0.608. The standard InChI is InChI=1S/C17H15BrO/c18-17(16-8-11-3-1-2-4-15(11)16)12-5-6-13-9-19-10-14(13)7-12/h1-7,16-17H,8-10H2. The molecule has 2 heteroatoms. The summed E-state index contributed by atoms with van der Waals surface area (Å²) in [5.41, 5.74) is 7.08. The van der Waals surface area contributed by atoms with Crippen LogP contribution in [0.1, 0.15) is 38.6 Å². The number of hydrogen-bond acceptors (Lipinski definition) is 1. The van der Waals surface area contributed by atoms with Gasteiger partial charge in [-0.1, -0.05) is 58.4 Å². The van der Waals surface area contributed by atoms with Crippen molar-refractivity contribution in [1.82, 2.24) is 0 Å². The highest BCUT2D eigenvalue weighted by Gasteiger charge is 2.32. The quantitative estimate of drug-likeness (QED) is 0.742. The topological polar surface area (TPSA) is 9.23 Å². The molecular formula is C17H15BrO. The Bertz CT molecular complexity index is 635. The molecule has 0 aromatic heterocycles. The molecule has 0 N–H and O–H groups in total. The lowest BCUT2D eigenvalue weighted by atomic mass is 9.74. The fourth-order valence-corrected chi connectivity index (χ4v) is 3.91. The first-order valence-corrected chi connectivity index (χ1v) is 7.66. The van der Waals surface area contributed by atoms with Crippen LogP contribution in [0.5, 0.6) is 0 Å². The van der Waals surface area contributed by atoms with E-state index in [9.17, 15) is 0 Å². The minimum absolute atomic E-state index is 0.410. The smallest absolute Gasteiger partial charge is 0.0725 e. The summed E-state index contributed by atoms with van der Waals surface area (Å²) in [6, 6.07) is 15.5. The van der Waals surface area contributed by atoms with Gasteiger partial charge in [-0.2, -0.15) is 0 Å². The van der Waals surface area contributed by atoms with Gasteiger partial charge in [-0.05, 0) is 34.2 Å². The second kappa shape index (κ2) is 4.46. The van der Waals surface area contributed by atoms with Crippen molar-refractivity contribution in [3.8, 4) is 0 Å². The molecule has 1 nitrogen and oxygen atoms in total. The highest BCUT2D eigenvalue weighted by Crippen LogP contribution is 2.48. The first kappa shape index (κ1) is 11.7. The van der Waals surface area contributed by atoms with E-state index in [4.69, 9.17) is 4.74 Å². The van der Waals surface area contributed by atoms with Gasteiger partial charge >= 0.3 is 0 Å². The number of fused-ring (bicyclic) bond motifs is 2. The molecule has 4 rings (SSSR count). The molecule has 0 saturated carbocycles. The number of ether oxygens (including phenoxy) is 1. The Labute approximate surface area is 121 Å². The van der Waals surface area contributed by atoms with Gasteiger partial charge in [-0.25, -0.2) is 0 Å². The van der Waals surface area contributed by atoms with Crippen LogP contribution in [0.4, 0.5) is 0 Å². The molecule has 2 unspecified atom stereocenters. The summed E-state index contributed by atoms with van der Waals surface area (Å²) in [5, 5.41) is 0. The molecule has 0 amide bonds. The summed E-state index contributed by atoms with van der Waals surface area (Å²) in [6.45, 7) is 1.54. The van der Waals surface area contributed by atoms with Gasteiger partial charge in [0.05, 0.1) is 13.2 Å². The molecule has 0 spiro atoms. The Hall–Kier alpha value is -1.12. The third-order valence-corrected chi connectivity index (χ3v) is 5.48. The number of benzene rings is 2. The molecule has 1 heterocycles.